The van der Waals surface area contributed by atoms with Crippen LogP contribution in [0.25, 0.3) is 0 Å². The zero-order valence-electron chi connectivity index (χ0n) is 21.0. The maximum Gasteiger partial charge on any atom is 0.352 e. The van der Waals surface area contributed by atoms with Crippen molar-refractivity contribution in [1.82, 2.24) is 20.5 Å². The van der Waals surface area contributed by atoms with Gasteiger partial charge in [0.05, 0.1) is 7.11 Å². The number of methoxy groups -OCH3 is 1. The summed E-state index contributed by atoms with van der Waals surface area (Å²) in [7, 11) is 1.49. The van der Waals surface area contributed by atoms with Crippen LogP contribution >= 0.6 is 23.1 Å². The molecule has 0 unspecified atom stereocenters. The molecule has 0 bridgehead atoms. The number of carbonyl (C=O) groups excluding carboxylic acids is 3. The van der Waals surface area contributed by atoms with Gasteiger partial charge in [-0.2, -0.15) is 4.57 Å². The van der Waals surface area contributed by atoms with Gasteiger partial charge in [-0.25, -0.2) is 9.78 Å². The fourth-order valence-corrected chi connectivity index (χ4v) is 6.34. The van der Waals surface area contributed by atoms with Crippen LogP contribution in [-0.2, 0) is 30.6 Å². The SMILES string of the molecule is COc1cc(N)c[n+](CC2=C(C(=O)O)N3C(=O)[C@@H](NC(=O)C(=NO[C@H]4CCNC4=O)c4csc(N)n4)[C@@H]3SC2)c1. The van der Waals surface area contributed by atoms with Crippen LogP contribution in [0.2, 0.25) is 0 Å². The Bertz CT molecular complexity index is 1460. The van der Waals surface area contributed by atoms with Crippen LogP contribution in [0.15, 0.2) is 40.3 Å². The normalized spacial score (nSPS) is 22.4. The lowest BCUT2D eigenvalue weighted by Crippen LogP contribution is -2.71. The number of thioether (sulfide) groups is 1. The van der Waals surface area contributed by atoms with Crippen molar-refractivity contribution in [1.29, 1.82) is 0 Å². The smallest absolute Gasteiger partial charge is 0.352 e. The van der Waals surface area contributed by atoms with Crippen molar-refractivity contribution in [2.45, 2.75) is 30.5 Å². The Kier molecular flexibility index (Phi) is 7.49. The molecular weight excluding hydrogens is 564 g/mol. The molecule has 210 valence electrons. The Labute approximate surface area is 235 Å². The number of carboxylic acids is 1. The second-order valence-electron chi connectivity index (χ2n) is 8.98. The summed E-state index contributed by atoms with van der Waals surface area (Å²) in [5.41, 5.74) is 12.3. The number of ether oxygens (including phenoxy) is 1. The molecule has 2 aromatic heterocycles. The number of nitrogen functional groups attached to an aromatic ring is 2. The van der Waals surface area contributed by atoms with Crippen molar-refractivity contribution in [3.05, 3.63) is 40.8 Å². The van der Waals surface area contributed by atoms with E-state index >= 15 is 0 Å². The molecule has 3 atom stereocenters. The van der Waals surface area contributed by atoms with Gasteiger partial charge in [-0.05, 0) is 0 Å². The third kappa shape index (κ3) is 5.24. The Balaban J connectivity index is 1.35. The number of carbonyl (C=O) groups is 4. The number of aromatic nitrogens is 2. The summed E-state index contributed by atoms with van der Waals surface area (Å²) in [4.78, 5) is 61.0. The number of aliphatic carboxylic acids is 1. The number of carboxylic acid groups (broad SMARTS) is 1. The van der Waals surface area contributed by atoms with Crippen molar-refractivity contribution >= 4 is 63.3 Å². The van der Waals surface area contributed by atoms with Crippen molar-refractivity contribution < 1.29 is 38.4 Å². The van der Waals surface area contributed by atoms with Crippen LogP contribution in [0.4, 0.5) is 10.8 Å². The van der Waals surface area contributed by atoms with E-state index in [9.17, 15) is 24.3 Å². The lowest BCUT2D eigenvalue weighted by molar-refractivity contribution is -0.688. The van der Waals surface area contributed by atoms with Gasteiger partial charge >= 0.3 is 5.97 Å². The Morgan fingerprint density at radius 3 is 2.80 bits per heavy atom. The number of nitrogens with two attached hydrogens (primary N) is 2. The Morgan fingerprint density at radius 2 is 2.15 bits per heavy atom. The quantitative estimate of drug-likeness (QED) is 0.0997. The summed E-state index contributed by atoms with van der Waals surface area (Å²) in [6, 6.07) is 0.607. The lowest BCUT2D eigenvalue weighted by Gasteiger charge is -2.49. The van der Waals surface area contributed by atoms with Crippen molar-refractivity contribution in [2.24, 2.45) is 5.16 Å². The molecule has 17 heteroatoms. The summed E-state index contributed by atoms with van der Waals surface area (Å²) in [5, 5.41) is 20.1. The minimum atomic E-state index is -1.27. The van der Waals surface area contributed by atoms with E-state index in [2.05, 4.69) is 20.8 Å². The monoisotopic (exact) mass is 589 g/mol. The highest BCUT2D eigenvalue weighted by molar-refractivity contribution is 8.00. The molecule has 3 amide bonds. The van der Waals surface area contributed by atoms with Crippen molar-refractivity contribution in [3.63, 3.8) is 0 Å². The number of thiazole rings is 1. The first-order valence-corrected chi connectivity index (χ1v) is 13.9. The largest absolute Gasteiger partial charge is 0.491 e. The topological polar surface area (TPSA) is 215 Å². The van der Waals surface area contributed by atoms with Crippen LogP contribution in [0.5, 0.6) is 5.75 Å². The van der Waals surface area contributed by atoms with Gasteiger partial charge in [0.25, 0.3) is 17.7 Å². The first-order valence-electron chi connectivity index (χ1n) is 11.9. The van der Waals surface area contributed by atoms with Gasteiger partial charge < -0.3 is 36.8 Å². The fourth-order valence-electron chi connectivity index (χ4n) is 4.46. The molecule has 2 fully saturated rings. The second kappa shape index (κ2) is 11.0. The third-order valence-corrected chi connectivity index (χ3v) is 8.33. The van der Waals surface area contributed by atoms with Crippen molar-refractivity contribution in [2.75, 3.05) is 30.9 Å². The number of pyridine rings is 1. The minimum Gasteiger partial charge on any atom is -0.491 e. The first kappa shape index (κ1) is 27.2. The highest BCUT2D eigenvalue weighted by atomic mass is 32.2. The zero-order chi connectivity index (χ0) is 28.6. The number of amides is 3. The van der Waals surface area contributed by atoms with Crippen LogP contribution in [0, 0.1) is 0 Å². The predicted molar refractivity (Wildman–Crippen MR) is 143 cm³/mol. The molecule has 7 N–H and O–H groups in total. The van der Waals surface area contributed by atoms with Crippen LogP contribution in [0.1, 0.15) is 12.1 Å². The number of anilines is 2. The lowest BCUT2D eigenvalue weighted by atomic mass is 10.0. The molecule has 2 aromatic rings. The molecule has 0 aliphatic carbocycles. The molecule has 5 heterocycles. The summed E-state index contributed by atoms with van der Waals surface area (Å²) in [6.45, 7) is 0.582. The highest BCUT2D eigenvalue weighted by Gasteiger charge is 2.55. The van der Waals surface area contributed by atoms with Crippen LogP contribution < -0.4 is 31.4 Å². The van der Waals surface area contributed by atoms with Gasteiger partial charge in [-0.1, -0.05) is 5.16 Å². The number of oxime groups is 1. The second-order valence-corrected chi connectivity index (χ2v) is 11.0. The third-order valence-electron chi connectivity index (χ3n) is 6.31. The summed E-state index contributed by atoms with van der Waals surface area (Å²) >= 11 is 2.39. The molecule has 3 aliphatic heterocycles. The van der Waals surface area contributed by atoms with Crippen LogP contribution in [0.3, 0.4) is 0 Å². The molecule has 0 aromatic carbocycles. The van der Waals surface area contributed by atoms with E-state index in [4.69, 9.17) is 21.0 Å². The van der Waals surface area contributed by atoms with E-state index in [-0.39, 0.29) is 40.4 Å². The molecule has 5 rings (SSSR count). The summed E-state index contributed by atoms with van der Waals surface area (Å²) < 4.78 is 6.91. The van der Waals surface area contributed by atoms with E-state index in [1.165, 1.54) is 24.3 Å². The van der Waals surface area contributed by atoms with Gasteiger partial charge in [-0.3, -0.25) is 19.3 Å². The summed E-state index contributed by atoms with van der Waals surface area (Å²) in [5.74, 6) is -2.21. The average molecular weight is 590 g/mol. The number of β-lactam (4-membered cyclic amide) rings is 1. The maximum atomic E-state index is 13.2. The van der Waals surface area contributed by atoms with Gasteiger partial charge in [0, 0.05) is 35.7 Å². The van der Waals surface area contributed by atoms with E-state index in [0.717, 1.165) is 16.2 Å². The van der Waals surface area contributed by atoms with Crippen LogP contribution in [-0.4, -0.2) is 81.3 Å². The molecule has 3 aliphatic rings. The molecule has 40 heavy (non-hydrogen) atoms. The Morgan fingerprint density at radius 1 is 1.35 bits per heavy atom. The van der Waals surface area contributed by atoms with Gasteiger partial charge in [0.15, 0.2) is 29.3 Å². The molecule has 2 saturated heterocycles. The van der Waals surface area contributed by atoms with E-state index in [1.807, 2.05) is 0 Å². The van der Waals surface area contributed by atoms with Gasteiger partial charge in [0.1, 0.15) is 28.5 Å². The van der Waals surface area contributed by atoms with Crippen molar-refractivity contribution in [3.8, 4) is 5.75 Å². The number of nitrogens with one attached hydrogen (secondary N) is 2. The number of hydrogen-bond donors (Lipinski definition) is 5. The van der Waals surface area contributed by atoms with E-state index < -0.39 is 35.3 Å². The molecule has 0 spiro atoms. The summed E-state index contributed by atoms with van der Waals surface area (Å²) in [6.07, 6.45) is 2.81. The number of nitrogens with zero attached hydrogens (tertiary/aromatic N) is 4. The number of hydrogen-bond acceptors (Lipinski definition) is 12. The molecule has 0 saturated carbocycles. The average Bonchev–Trinajstić information content (AvgIpc) is 3.54. The Hall–Kier alpha value is -4.38. The standard InChI is InChI=1S/C23H24N8O7S2/c1-37-12-4-11(24)6-30(7-12)5-10-8-39-21-16(20(34)31(21)17(10)22(35)36)28-19(33)15(13-9-40-23(25)27-13)29-38-14-2-3-26-18(14)32/h4,6-7,9,14,16,21H,2-3,5,8,24H2,1H3,(H4-,25,26,27,28,32,33,35,36)/p+1/t14-,16+,21-/m0/s1. The van der Waals surface area contributed by atoms with E-state index in [0.29, 0.717) is 30.0 Å². The van der Waals surface area contributed by atoms with E-state index in [1.54, 1.807) is 23.0 Å². The molecule has 0 radical (unpaired) electrons. The van der Waals surface area contributed by atoms with Gasteiger partial charge in [0.2, 0.25) is 12.3 Å². The predicted octanol–water partition coefficient (Wildman–Crippen LogP) is -1.35. The fraction of sp³-hybridized carbons (Fsp3) is 0.348. The zero-order valence-corrected chi connectivity index (χ0v) is 22.7. The number of rotatable bonds is 9. The first-order chi connectivity index (χ1) is 19.2. The molecular formula is C23H25N8O7S2+. The van der Waals surface area contributed by atoms with Gasteiger partial charge in [-0.15, -0.1) is 23.1 Å². The molecule has 15 nitrogen and oxygen atoms in total. The number of fused-ring (bicyclic) bond motifs is 1. The maximum absolute atomic E-state index is 13.2. The minimum absolute atomic E-state index is 0.112. The highest BCUT2D eigenvalue weighted by Crippen LogP contribution is 2.40.